The number of ether oxygens (including phenoxy) is 1. The molecular formula is C32H52O5Si2. The molecule has 5 nitrogen and oxygen atoms in total. The van der Waals surface area contributed by atoms with E-state index in [2.05, 4.69) is 122 Å². The van der Waals surface area contributed by atoms with Gasteiger partial charge in [0.2, 0.25) is 0 Å². The zero-order valence-corrected chi connectivity index (χ0v) is 27.7. The third kappa shape index (κ3) is 7.31. The maximum atomic E-state index is 10.5. The summed E-state index contributed by atoms with van der Waals surface area (Å²) < 4.78 is 20.2. The zero-order chi connectivity index (χ0) is 29.1. The van der Waals surface area contributed by atoms with Gasteiger partial charge in [0.05, 0.1) is 17.8 Å². The van der Waals surface area contributed by atoms with Gasteiger partial charge in [-0.25, -0.2) is 0 Å². The van der Waals surface area contributed by atoms with Crippen LogP contribution in [0.2, 0.25) is 23.2 Å². The van der Waals surface area contributed by atoms with E-state index in [1.54, 1.807) is 0 Å². The van der Waals surface area contributed by atoms with Gasteiger partial charge in [0.25, 0.3) is 8.32 Å². The Hall–Kier alpha value is -1.33. The van der Waals surface area contributed by atoms with Crippen molar-refractivity contribution in [3.8, 4) is 0 Å². The molecule has 2 N–H and O–H groups in total. The van der Waals surface area contributed by atoms with Crippen LogP contribution in [0, 0.1) is 0 Å². The van der Waals surface area contributed by atoms with Crippen LogP contribution < -0.4 is 10.4 Å². The number of hydrogen-bond acceptors (Lipinski definition) is 5. The molecule has 1 aliphatic rings. The van der Waals surface area contributed by atoms with Gasteiger partial charge in [-0.15, -0.1) is 0 Å². The Morgan fingerprint density at radius 3 is 1.82 bits per heavy atom. The fourth-order valence-corrected chi connectivity index (χ4v) is 11.5. The van der Waals surface area contributed by atoms with E-state index < -0.39 is 28.3 Å². The maximum absolute atomic E-state index is 10.5. The lowest BCUT2D eigenvalue weighted by Crippen LogP contribution is -2.66. The van der Waals surface area contributed by atoms with Crippen molar-refractivity contribution in [2.24, 2.45) is 0 Å². The van der Waals surface area contributed by atoms with Gasteiger partial charge in [-0.2, -0.15) is 0 Å². The molecule has 0 spiro atoms. The first-order valence-electron chi connectivity index (χ1n) is 14.5. The Kier molecular flexibility index (Phi) is 10.1. The fourth-order valence-electron chi connectivity index (χ4n) is 5.54. The largest absolute Gasteiger partial charge is 0.414 e. The second-order valence-corrected chi connectivity index (χ2v) is 23.0. The van der Waals surface area contributed by atoms with Crippen LogP contribution in [0.25, 0.3) is 0 Å². The van der Waals surface area contributed by atoms with Crippen LogP contribution in [0.15, 0.2) is 60.7 Å². The molecule has 2 aromatic rings. The highest BCUT2D eigenvalue weighted by Gasteiger charge is 2.57. The SMILES string of the molecule is CC(C)(C)[Si](C)(C)O[C@H](CCO[Si](c1ccccc1)(c1ccccc1)C(C)(C)C)C[C@@]1(C)O[C@@H]1[C@@H](O)CCO. The summed E-state index contributed by atoms with van der Waals surface area (Å²) in [6.45, 7) is 20.9. The van der Waals surface area contributed by atoms with Gasteiger partial charge in [0, 0.05) is 19.6 Å². The smallest absolute Gasteiger partial charge is 0.261 e. The molecule has 0 bridgehead atoms. The lowest BCUT2D eigenvalue weighted by Gasteiger charge is -2.44. The zero-order valence-electron chi connectivity index (χ0n) is 25.7. The van der Waals surface area contributed by atoms with Gasteiger partial charge in [0.1, 0.15) is 6.10 Å². The molecule has 39 heavy (non-hydrogen) atoms. The van der Waals surface area contributed by atoms with Gasteiger partial charge in [0.15, 0.2) is 8.32 Å². The van der Waals surface area contributed by atoms with Crippen molar-refractivity contribution in [2.75, 3.05) is 13.2 Å². The molecule has 0 saturated carbocycles. The molecule has 0 unspecified atom stereocenters. The molecule has 1 fully saturated rings. The molecule has 3 rings (SSSR count). The van der Waals surface area contributed by atoms with Gasteiger partial charge in [-0.3, -0.25) is 0 Å². The van der Waals surface area contributed by atoms with Gasteiger partial charge >= 0.3 is 0 Å². The summed E-state index contributed by atoms with van der Waals surface area (Å²) in [5.74, 6) is 0. The molecule has 2 aromatic carbocycles. The number of hydrogen-bond donors (Lipinski definition) is 2. The van der Waals surface area contributed by atoms with Crippen LogP contribution in [0.1, 0.15) is 67.7 Å². The first-order valence-corrected chi connectivity index (χ1v) is 19.3. The Labute approximate surface area is 239 Å². The third-order valence-corrected chi connectivity index (χ3v) is 18.4. The summed E-state index contributed by atoms with van der Waals surface area (Å²) in [4.78, 5) is 0. The van der Waals surface area contributed by atoms with Crippen molar-refractivity contribution in [3.63, 3.8) is 0 Å². The lowest BCUT2D eigenvalue weighted by atomic mass is 9.94. The van der Waals surface area contributed by atoms with Crippen molar-refractivity contribution in [1.29, 1.82) is 0 Å². The molecule has 218 valence electrons. The first kappa shape index (κ1) is 32.2. The molecular weight excluding hydrogens is 521 g/mol. The predicted molar refractivity (Wildman–Crippen MR) is 166 cm³/mol. The van der Waals surface area contributed by atoms with Crippen LogP contribution in [0.3, 0.4) is 0 Å². The van der Waals surface area contributed by atoms with E-state index in [4.69, 9.17) is 13.6 Å². The van der Waals surface area contributed by atoms with E-state index in [9.17, 15) is 10.2 Å². The van der Waals surface area contributed by atoms with E-state index in [-0.39, 0.29) is 28.9 Å². The lowest BCUT2D eigenvalue weighted by molar-refractivity contribution is 0.103. The summed E-state index contributed by atoms with van der Waals surface area (Å²) >= 11 is 0. The number of aliphatic hydroxyl groups excluding tert-OH is 2. The van der Waals surface area contributed by atoms with Gasteiger partial charge in [-0.05, 0) is 53.3 Å². The number of benzene rings is 2. The fraction of sp³-hybridized carbons (Fsp3) is 0.625. The molecule has 0 aromatic heterocycles. The van der Waals surface area contributed by atoms with Crippen molar-refractivity contribution >= 4 is 27.0 Å². The Bertz CT molecular complexity index is 993. The van der Waals surface area contributed by atoms with Crippen molar-refractivity contribution in [3.05, 3.63) is 60.7 Å². The minimum Gasteiger partial charge on any atom is -0.414 e. The summed E-state index contributed by atoms with van der Waals surface area (Å²) in [7, 11) is -4.71. The average molecular weight is 573 g/mol. The van der Waals surface area contributed by atoms with E-state index in [1.807, 2.05) is 0 Å². The standard InChI is InChI=1S/C32H52O5Si2/c1-30(2,3)38(8,9)37-25(24-32(7)29(36-32)28(34)20-22-33)21-23-35-39(31(4,5)6,26-16-12-10-13-17-26)27-18-14-11-15-19-27/h10-19,25,28-29,33-34H,20-24H2,1-9H3/t25-,28+,29-,32-/m1/s1. The Morgan fingerprint density at radius 2 is 1.38 bits per heavy atom. The highest BCUT2D eigenvalue weighted by molar-refractivity contribution is 6.99. The maximum Gasteiger partial charge on any atom is 0.261 e. The Balaban J connectivity index is 1.89. The first-order chi connectivity index (χ1) is 18.1. The van der Waals surface area contributed by atoms with Crippen molar-refractivity contribution in [1.82, 2.24) is 0 Å². The van der Waals surface area contributed by atoms with Gasteiger partial charge < -0.3 is 23.8 Å². The molecule has 0 aliphatic carbocycles. The minimum absolute atomic E-state index is 0.0483. The summed E-state index contributed by atoms with van der Waals surface area (Å²) in [5, 5.41) is 22.3. The monoisotopic (exact) mass is 572 g/mol. The number of rotatable bonds is 13. The Morgan fingerprint density at radius 1 is 0.872 bits per heavy atom. The highest BCUT2D eigenvalue weighted by Crippen LogP contribution is 2.46. The van der Waals surface area contributed by atoms with Crippen molar-refractivity contribution in [2.45, 2.75) is 115 Å². The second kappa shape index (κ2) is 12.3. The second-order valence-electron chi connectivity index (χ2n) is 13.9. The molecule has 4 atom stereocenters. The molecule has 0 amide bonds. The van der Waals surface area contributed by atoms with Crippen LogP contribution in [-0.4, -0.2) is 64.0 Å². The molecule has 7 heteroatoms. The van der Waals surface area contributed by atoms with E-state index in [0.717, 1.165) is 6.42 Å². The van der Waals surface area contributed by atoms with Crippen LogP contribution in [0.5, 0.6) is 0 Å². The van der Waals surface area contributed by atoms with Gasteiger partial charge in [-0.1, -0.05) is 102 Å². The topological polar surface area (TPSA) is 71.5 Å². The van der Waals surface area contributed by atoms with E-state index in [1.165, 1.54) is 10.4 Å². The molecule has 1 aliphatic heterocycles. The summed E-state index contributed by atoms with van der Waals surface area (Å²) in [5.41, 5.74) is -0.459. The summed E-state index contributed by atoms with van der Waals surface area (Å²) in [6, 6.07) is 21.5. The van der Waals surface area contributed by atoms with Crippen LogP contribution in [0.4, 0.5) is 0 Å². The summed E-state index contributed by atoms with van der Waals surface area (Å²) in [6.07, 6.45) is 0.774. The van der Waals surface area contributed by atoms with Crippen molar-refractivity contribution < 1.29 is 23.8 Å². The molecule has 0 radical (unpaired) electrons. The minimum atomic E-state index is -2.64. The van der Waals surface area contributed by atoms with E-state index in [0.29, 0.717) is 19.4 Å². The van der Waals surface area contributed by atoms with Crippen LogP contribution >= 0.6 is 0 Å². The normalized spacial score (nSPS) is 22.0. The quantitative estimate of drug-likeness (QED) is 0.240. The number of epoxide rings is 1. The highest BCUT2D eigenvalue weighted by atomic mass is 28.4. The predicted octanol–water partition coefficient (Wildman–Crippen LogP) is 5.63. The number of aliphatic hydroxyl groups is 2. The average Bonchev–Trinajstić information content (AvgIpc) is 3.52. The van der Waals surface area contributed by atoms with E-state index >= 15 is 0 Å². The van der Waals surface area contributed by atoms with Crippen LogP contribution in [-0.2, 0) is 13.6 Å². The molecule has 1 saturated heterocycles. The molecule has 1 heterocycles. The third-order valence-electron chi connectivity index (χ3n) is 8.79.